The third-order valence-corrected chi connectivity index (χ3v) is 8.89. The molecule has 2 saturated heterocycles. The Morgan fingerprint density at radius 1 is 1.00 bits per heavy atom. The molecule has 3 fully saturated rings. The van der Waals surface area contributed by atoms with Crippen LogP contribution in [-0.4, -0.2) is 119 Å². The predicted octanol–water partition coefficient (Wildman–Crippen LogP) is 3.74. The third-order valence-electron chi connectivity index (χ3n) is 8.89. The molecule has 2 heterocycles. The van der Waals surface area contributed by atoms with Crippen LogP contribution >= 0.6 is 0 Å². The van der Waals surface area contributed by atoms with Gasteiger partial charge in [0.05, 0.1) is 20.3 Å². The second-order valence-electron chi connectivity index (χ2n) is 12.5. The molecule has 1 aromatic rings. The van der Waals surface area contributed by atoms with Gasteiger partial charge in [-0.05, 0) is 95.6 Å². The first-order valence-electron chi connectivity index (χ1n) is 15.7. The first-order chi connectivity index (χ1) is 20.3. The smallest absolute Gasteiger partial charge is 0.410 e. The lowest BCUT2D eigenvalue weighted by atomic mass is 9.94. The second-order valence-corrected chi connectivity index (χ2v) is 12.5. The van der Waals surface area contributed by atoms with Gasteiger partial charge in [-0.25, -0.2) is 4.79 Å². The van der Waals surface area contributed by atoms with E-state index in [0.717, 1.165) is 58.3 Å². The SMILES string of the molecule is COCCCOc1cc(C(=O)N(C[C@H]2CNC[C@H]2CN(C(=O)OCC2CCN(C)CC2)C2CC2)C(C)C)ccc1OC. The van der Waals surface area contributed by atoms with Crippen LogP contribution in [0.4, 0.5) is 4.79 Å². The second kappa shape index (κ2) is 15.8. The minimum absolute atomic E-state index is 0.0194. The Labute approximate surface area is 252 Å². The molecule has 0 radical (unpaired) electrons. The van der Waals surface area contributed by atoms with Gasteiger partial charge in [-0.2, -0.15) is 0 Å². The van der Waals surface area contributed by atoms with Crippen molar-refractivity contribution in [1.29, 1.82) is 0 Å². The molecule has 2 amide bonds. The topological polar surface area (TPSA) is 92.8 Å². The molecule has 0 aromatic heterocycles. The molecule has 1 aromatic carbocycles. The zero-order chi connectivity index (χ0) is 30.1. The van der Waals surface area contributed by atoms with Crippen LogP contribution in [-0.2, 0) is 9.47 Å². The number of nitrogens with one attached hydrogen (secondary N) is 1. The highest BCUT2D eigenvalue weighted by Crippen LogP contribution is 2.32. The Morgan fingerprint density at radius 3 is 2.36 bits per heavy atom. The van der Waals surface area contributed by atoms with E-state index in [2.05, 4.69) is 31.1 Å². The summed E-state index contributed by atoms with van der Waals surface area (Å²) >= 11 is 0. The van der Waals surface area contributed by atoms with E-state index in [0.29, 0.717) is 55.9 Å². The van der Waals surface area contributed by atoms with Crippen LogP contribution in [0.15, 0.2) is 18.2 Å². The first kappa shape index (κ1) is 32.4. The molecule has 0 unspecified atom stereocenters. The number of hydrogen-bond acceptors (Lipinski definition) is 8. The number of benzene rings is 1. The van der Waals surface area contributed by atoms with Crippen LogP contribution in [0, 0.1) is 17.8 Å². The minimum Gasteiger partial charge on any atom is -0.493 e. The van der Waals surface area contributed by atoms with Crippen molar-refractivity contribution in [2.24, 2.45) is 17.8 Å². The number of nitrogens with zero attached hydrogens (tertiary/aromatic N) is 3. The highest BCUT2D eigenvalue weighted by molar-refractivity contribution is 5.95. The van der Waals surface area contributed by atoms with Crippen molar-refractivity contribution in [3.8, 4) is 11.5 Å². The largest absolute Gasteiger partial charge is 0.493 e. The molecule has 10 heteroatoms. The zero-order valence-corrected chi connectivity index (χ0v) is 26.3. The lowest BCUT2D eigenvalue weighted by molar-refractivity contribution is 0.0581. The van der Waals surface area contributed by atoms with E-state index in [1.165, 1.54) is 0 Å². The molecular weight excluding hydrogens is 536 g/mol. The Kier molecular flexibility index (Phi) is 12.2. The van der Waals surface area contributed by atoms with Crippen molar-refractivity contribution in [2.75, 3.05) is 80.4 Å². The highest BCUT2D eigenvalue weighted by Gasteiger charge is 2.39. The van der Waals surface area contributed by atoms with Crippen LogP contribution in [0.25, 0.3) is 0 Å². The molecule has 4 rings (SSSR count). The standard InChI is InChI=1S/C32H52N4O6/c1-23(2)35(31(37)25-7-10-29(40-5)30(17-25)41-16-6-15-39-4)20-26-18-33-19-27(26)21-36(28-8-9-28)32(38)42-22-24-11-13-34(3)14-12-24/h7,10,17,23-24,26-28,33H,6,8-9,11-16,18-22H2,1-5H3/t26-,27+/m1/s1. The van der Waals surface area contributed by atoms with Crippen LogP contribution < -0.4 is 14.8 Å². The van der Waals surface area contributed by atoms with Crippen molar-refractivity contribution >= 4 is 12.0 Å². The molecule has 10 nitrogen and oxygen atoms in total. The highest BCUT2D eigenvalue weighted by atomic mass is 16.6. The summed E-state index contributed by atoms with van der Waals surface area (Å²) in [6, 6.07) is 5.68. The minimum atomic E-state index is -0.171. The molecule has 0 spiro atoms. The summed E-state index contributed by atoms with van der Waals surface area (Å²) in [7, 11) is 5.41. The van der Waals surface area contributed by atoms with Gasteiger partial charge < -0.3 is 39.0 Å². The van der Waals surface area contributed by atoms with E-state index in [1.54, 1.807) is 32.4 Å². The fourth-order valence-corrected chi connectivity index (χ4v) is 5.98. The van der Waals surface area contributed by atoms with Gasteiger partial charge >= 0.3 is 6.09 Å². The van der Waals surface area contributed by atoms with Gasteiger partial charge in [0.15, 0.2) is 11.5 Å². The molecule has 42 heavy (non-hydrogen) atoms. The fourth-order valence-electron chi connectivity index (χ4n) is 5.98. The van der Waals surface area contributed by atoms with E-state index < -0.39 is 0 Å². The maximum Gasteiger partial charge on any atom is 0.410 e. The summed E-state index contributed by atoms with van der Waals surface area (Å²) in [4.78, 5) is 33.3. The number of methoxy groups -OCH3 is 2. The van der Waals surface area contributed by atoms with Gasteiger partial charge in [-0.15, -0.1) is 0 Å². The number of ether oxygens (including phenoxy) is 4. The van der Waals surface area contributed by atoms with Gasteiger partial charge in [0.25, 0.3) is 5.91 Å². The molecule has 1 aliphatic carbocycles. The summed E-state index contributed by atoms with van der Waals surface area (Å²) in [5.74, 6) is 2.07. The normalized spacial score (nSPS) is 21.4. The summed E-state index contributed by atoms with van der Waals surface area (Å²) in [6.07, 6.45) is 4.81. The third kappa shape index (κ3) is 8.97. The van der Waals surface area contributed by atoms with E-state index >= 15 is 0 Å². The van der Waals surface area contributed by atoms with E-state index in [-0.39, 0.29) is 35.9 Å². The van der Waals surface area contributed by atoms with Crippen molar-refractivity contribution < 1.29 is 28.5 Å². The summed E-state index contributed by atoms with van der Waals surface area (Å²) in [5.41, 5.74) is 0.575. The molecular formula is C32H52N4O6. The Morgan fingerprint density at radius 2 is 1.71 bits per heavy atom. The van der Waals surface area contributed by atoms with E-state index in [4.69, 9.17) is 18.9 Å². The lowest BCUT2D eigenvalue weighted by Gasteiger charge is -2.34. The summed E-state index contributed by atoms with van der Waals surface area (Å²) in [6.45, 7) is 10.8. The van der Waals surface area contributed by atoms with E-state index in [9.17, 15) is 9.59 Å². The van der Waals surface area contributed by atoms with E-state index in [1.807, 2.05) is 9.80 Å². The number of carbonyl (C=O) groups is 2. The molecule has 236 valence electrons. The Balaban J connectivity index is 1.37. The van der Waals surface area contributed by atoms with Gasteiger partial charge in [0.1, 0.15) is 0 Å². The van der Waals surface area contributed by atoms with Gasteiger partial charge in [-0.1, -0.05) is 0 Å². The number of hydrogen-bond donors (Lipinski definition) is 1. The summed E-state index contributed by atoms with van der Waals surface area (Å²) in [5, 5.41) is 3.53. The fraction of sp³-hybridized carbons (Fsp3) is 0.750. The number of carbonyl (C=O) groups excluding carboxylic acids is 2. The lowest BCUT2D eigenvalue weighted by Crippen LogP contribution is -2.45. The molecule has 3 aliphatic rings. The van der Waals surface area contributed by atoms with Crippen molar-refractivity contribution in [1.82, 2.24) is 20.0 Å². The number of rotatable bonds is 15. The van der Waals surface area contributed by atoms with Gasteiger partial charge in [0.2, 0.25) is 0 Å². The molecule has 1 saturated carbocycles. The van der Waals surface area contributed by atoms with Crippen LogP contribution in [0.3, 0.4) is 0 Å². The van der Waals surface area contributed by atoms with Crippen molar-refractivity contribution in [3.05, 3.63) is 23.8 Å². The van der Waals surface area contributed by atoms with Crippen LogP contribution in [0.2, 0.25) is 0 Å². The molecule has 0 bridgehead atoms. The van der Waals surface area contributed by atoms with Crippen LogP contribution in [0.1, 0.15) is 56.3 Å². The average molecular weight is 589 g/mol. The average Bonchev–Trinajstić information content (AvgIpc) is 3.74. The monoisotopic (exact) mass is 588 g/mol. The summed E-state index contributed by atoms with van der Waals surface area (Å²) < 4.78 is 22.4. The zero-order valence-electron chi connectivity index (χ0n) is 26.3. The van der Waals surface area contributed by atoms with Crippen molar-refractivity contribution in [2.45, 2.75) is 58.0 Å². The maximum absolute atomic E-state index is 13.8. The Bertz CT molecular complexity index is 1010. The first-order valence-corrected chi connectivity index (χ1v) is 15.7. The number of piperidine rings is 1. The van der Waals surface area contributed by atoms with Crippen molar-refractivity contribution in [3.63, 3.8) is 0 Å². The van der Waals surface area contributed by atoms with Gasteiger partial charge in [-0.3, -0.25) is 4.79 Å². The van der Waals surface area contributed by atoms with Gasteiger partial charge in [0, 0.05) is 64.0 Å². The molecule has 2 aliphatic heterocycles. The molecule has 2 atom stereocenters. The number of likely N-dealkylation sites (tertiary alicyclic amines) is 1. The predicted molar refractivity (Wildman–Crippen MR) is 162 cm³/mol. The quantitative estimate of drug-likeness (QED) is 0.310. The molecule has 1 N–H and O–H groups in total. The van der Waals surface area contributed by atoms with Crippen LogP contribution in [0.5, 0.6) is 11.5 Å². The maximum atomic E-state index is 13.8. The number of amides is 2. The Hall–Kier alpha value is -2.56.